The Bertz CT molecular complexity index is 644. The van der Waals surface area contributed by atoms with E-state index < -0.39 is 17.7 Å². The maximum Gasteiger partial charge on any atom is 0.416 e. The highest BCUT2D eigenvalue weighted by molar-refractivity contribution is 7.17. The molecule has 0 N–H and O–H groups in total. The number of hydrogen-bond acceptors (Lipinski definition) is 4. The maximum absolute atomic E-state index is 12.5. The van der Waals surface area contributed by atoms with Crippen LogP contribution >= 0.6 is 11.3 Å². The third-order valence-electron chi connectivity index (χ3n) is 2.79. The van der Waals surface area contributed by atoms with E-state index in [0.29, 0.717) is 16.2 Å². The highest BCUT2D eigenvalue weighted by atomic mass is 32.1. The van der Waals surface area contributed by atoms with Gasteiger partial charge in [-0.15, -0.1) is 11.3 Å². The van der Waals surface area contributed by atoms with Crippen molar-refractivity contribution >= 4 is 17.3 Å². The van der Waals surface area contributed by atoms with E-state index in [-0.39, 0.29) is 4.88 Å². The van der Waals surface area contributed by atoms with Crippen molar-refractivity contribution in [2.45, 2.75) is 6.18 Å². The SMILES string of the molecule is COC(=O)c1sc(-c2ccc(C(F)(F)F)cc2)cc1OC. The lowest BCUT2D eigenvalue weighted by Crippen LogP contribution is -2.03. The van der Waals surface area contributed by atoms with Gasteiger partial charge in [0.1, 0.15) is 5.75 Å². The van der Waals surface area contributed by atoms with Gasteiger partial charge in [-0.25, -0.2) is 4.79 Å². The average molecular weight is 316 g/mol. The number of methoxy groups -OCH3 is 2. The van der Waals surface area contributed by atoms with E-state index in [1.54, 1.807) is 6.07 Å². The van der Waals surface area contributed by atoms with E-state index in [9.17, 15) is 18.0 Å². The first-order chi connectivity index (χ1) is 9.86. The summed E-state index contributed by atoms with van der Waals surface area (Å²) >= 11 is 1.10. The lowest BCUT2D eigenvalue weighted by Gasteiger charge is -2.06. The molecule has 0 radical (unpaired) electrons. The van der Waals surface area contributed by atoms with Crippen LogP contribution in [0.5, 0.6) is 5.75 Å². The second-order valence-electron chi connectivity index (χ2n) is 4.07. The molecule has 0 unspecified atom stereocenters. The Labute approximate surface area is 122 Å². The number of benzene rings is 1. The molecule has 2 rings (SSSR count). The number of esters is 1. The van der Waals surface area contributed by atoms with Crippen LogP contribution in [0.4, 0.5) is 13.2 Å². The Morgan fingerprint density at radius 1 is 1.14 bits per heavy atom. The zero-order valence-corrected chi connectivity index (χ0v) is 12.0. The number of thiophene rings is 1. The molecule has 112 valence electrons. The summed E-state index contributed by atoms with van der Waals surface area (Å²) < 4.78 is 47.3. The Morgan fingerprint density at radius 2 is 1.76 bits per heavy atom. The topological polar surface area (TPSA) is 35.5 Å². The average Bonchev–Trinajstić information content (AvgIpc) is 2.90. The molecule has 0 amide bonds. The predicted octanol–water partition coefficient (Wildman–Crippen LogP) is 4.23. The molecule has 0 aliphatic heterocycles. The molecular formula is C14H11F3O3S. The number of ether oxygens (including phenoxy) is 2. The van der Waals surface area contributed by atoms with Gasteiger partial charge in [0.2, 0.25) is 0 Å². The Morgan fingerprint density at radius 3 is 2.24 bits per heavy atom. The monoisotopic (exact) mass is 316 g/mol. The highest BCUT2D eigenvalue weighted by Gasteiger charge is 2.30. The van der Waals surface area contributed by atoms with Crippen molar-refractivity contribution < 1.29 is 27.4 Å². The molecule has 1 heterocycles. The van der Waals surface area contributed by atoms with Gasteiger partial charge in [-0.2, -0.15) is 13.2 Å². The molecule has 0 saturated heterocycles. The summed E-state index contributed by atoms with van der Waals surface area (Å²) in [4.78, 5) is 12.5. The fraction of sp³-hybridized carbons (Fsp3) is 0.214. The third kappa shape index (κ3) is 3.18. The number of hydrogen-bond donors (Lipinski definition) is 0. The van der Waals surface area contributed by atoms with Crippen LogP contribution in [0.1, 0.15) is 15.2 Å². The number of carbonyl (C=O) groups is 1. The Hall–Kier alpha value is -2.02. The van der Waals surface area contributed by atoms with Gasteiger partial charge in [-0.1, -0.05) is 12.1 Å². The molecule has 3 nitrogen and oxygen atoms in total. The summed E-state index contributed by atoms with van der Waals surface area (Å²) in [7, 11) is 2.66. The van der Waals surface area contributed by atoms with Crippen LogP contribution in [-0.2, 0) is 10.9 Å². The first-order valence-electron chi connectivity index (χ1n) is 5.80. The maximum atomic E-state index is 12.5. The van der Waals surface area contributed by atoms with Gasteiger partial charge in [0.05, 0.1) is 19.8 Å². The van der Waals surface area contributed by atoms with E-state index >= 15 is 0 Å². The largest absolute Gasteiger partial charge is 0.495 e. The van der Waals surface area contributed by atoms with Crippen molar-refractivity contribution in [1.29, 1.82) is 0 Å². The van der Waals surface area contributed by atoms with Gasteiger partial charge >= 0.3 is 12.1 Å². The van der Waals surface area contributed by atoms with Gasteiger partial charge in [0, 0.05) is 4.88 Å². The van der Waals surface area contributed by atoms with Gasteiger partial charge in [-0.05, 0) is 23.8 Å². The number of rotatable bonds is 3. The van der Waals surface area contributed by atoms with Crippen LogP contribution in [-0.4, -0.2) is 20.2 Å². The molecule has 1 aromatic carbocycles. The van der Waals surface area contributed by atoms with Crippen molar-refractivity contribution in [1.82, 2.24) is 0 Å². The normalized spacial score (nSPS) is 11.3. The van der Waals surface area contributed by atoms with E-state index in [1.807, 2.05) is 0 Å². The van der Waals surface area contributed by atoms with Gasteiger partial charge < -0.3 is 9.47 Å². The quantitative estimate of drug-likeness (QED) is 0.795. The van der Waals surface area contributed by atoms with Crippen molar-refractivity contribution in [3.05, 3.63) is 40.8 Å². The summed E-state index contributed by atoms with van der Waals surface area (Å²) in [5.74, 6) is -0.211. The number of carbonyl (C=O) groups excluding carboxylic acids is 1. The standard InChI is InChI=1S/C14H11F3O3S/c1-19-10-7-11(21-12(10)13(18)20-2)8-3-5-9(6-4-8)14(15,16)17/h3-7H,1-2H3. The molecule has 0 atom stereocenters. The lowest BCUT2D eigenvalue weighted by molar-refractivity contribution is -0.137. The van der Waals surface area contributed by atoms with Crippen LogP contribution in [0.3, 0.4) is 0 Å². The molecule has 2 aromatic rings. The van der Waals surface area contributed by atoms with Crippen LogP contribution in [0.2, 0.25) is 0 Å². The van der Waals surface area contributed by atoms with Crippen molar-refractivity contribution in [3.63, 3.8) is 0 Å². The molecule has 7 heteroatoms. The predicted molar refractivity (Wildman–Crippen MR) is 72.6 cm³/mol. The van der Waals surface area contributed by atoms with E-state index in [4.69, 9.17) is 4.74 Å². The summed E-state index contributed by atoms with van der Waals surface area (Å²) in [6.07, 6.45) is -4.37. The highest BCUT2D eigenvalue weighted by Crippen LogP contribution is 2.38. The van der Waals surface area contributed by atoms with Gasteiger partial charge in [-0.3, -0.25) is 0 Å². The smallest absolute Gasteiger partial charge is 0.416 e. The summed E-state index contributed by atoms with van der Waals surface area (Å²) in [6, 6.07) is 6.31. The molecule has 0 bridgehead atoms. The molecule has 0 saturated carbocycles. The van der Waals surface area contributed by atoms with Gasteiger partial charge in [0.15, 0.2) is 4.88 Å². The van der Waals surface area contributed by atoms with Crippen LogP contribution in [0.25, 0.3) is 10.4 Å². The molecule has 0 aliphatic rings. The third-order valence-corrected chi connectivity index (χ3v) is 3.93. The van der Waals surface area contributed by atoms with Crippen LogP contribution < -0.4 is 4.74 Å². The zero-order valence-electron chi connectivity index (χ0n) is 11.2. The first kappa shape index (κ1) is 15.4. The van der Waals surface area contributed by atoms with Crippen LogP contribution in [0.15, 0.2) is 30.3 Å². The summed E-state index contributed by atoms with van der Waals surface area (Å²) in [5.41, 5.74) is -0.149. The Kier molecular flexibility index (Phi) is 4.22. The molecular weight excluding hydrogens is 305 g/mol. The first-order valence-corrected chi connectivity index (χ1v) is 6.62. The molecule has 21 heavy (non-hydrogen) atoms. The van der Waals surface area contributed by atoms with Gasteiger partial charge in [0.25, 0.3) is 0 Å². The molecule has 0 spiro atoms. The molecule has 0 aliphatic carbocycles. The minimum Gasteiger partial charge on any atom is -0.495 e. The second kappa shape index (κ2) is 5.77. The van der Waals surface area contributed by atoms with Crippen molar-refractivity contribution in [2.75, 3.05) is 14.2 Å². The Balaban J connectivity index is 2.38. The fourth-order valence-electron chi connectivity index (χ4n) is 1.73. The second-order valence-corrected chi connectivity index (χ2v) is 5.13. The zero-order chi connectivity index (χ0) is 15.6. The van der Waals surface area contributed by atoms with Crippen molar-refractivity contribution in [2.24, 2.45) is 0 Å². The number of alkyl halides is 3. The molecule has 1 aromatic heterocycles. The summed E-state index contributed by atoms with van der Waals surface area (Å²) in [6.45, 7) is 0. The molecule has 0 fully saturated rings. The van der Waals surface area contributed by atoms with E-state index in [0.717, 1.165) is 23.5 Å². The minimum absolute atomic E-state index is 0.273. The minimum atomic E-state index is -4.37. The van der Waals surface area contributed by atoms with E-state index in [2.05, 4.69) is 4.74 Å². The lowest BCUT2D eigenvalue weighted by atomic mass is 10.1. The summed E-state index contributed by atoms with van der Waals surface area (Å²) in [5, 5.41) is 0. The number of halogens is 3. The fourth-order valence-corrected chi connectivity index (χ4v) is 2.78. The van der Waals surface area contributed by atoms with Crippen LogP contribution in [0, 0.1) is 0 Å². The van der Waals surface area contributed by atoms with Crippen molar-refractivity contribution in [3.8, 4) is 16.2 Å². The van der Waals surface area contributed by atoms with E-state index in [1.165, 1.54) is 26.4 Å².